The Morgan fingerprint density at radius 3 is 2.94 bits per heavy atom. The Morgan fingerprint density at radius 2 is 2.24 bits per heavy atom. The summed E-state index contributed by atoms with van der Waals surface area (Å²) in [5.41, 5.74) is 1.72. The Bertz CT molecular complexity index is 448. The zero-order valence-electron chi connectivity index (χ0n) is 10.3. The maximum absolute atomic E-state index is 9.79. The summed E-state index contributed by atoms with van der Waals surface area (Å²) < 4.78 is 0. The average Bonchev–Trinajstić information content (AvgIpc) is 2.32. The second-order valence-electron chi connectivity index (χ2n) is 5.28. The number of aliphatic hydroxyl groups is 1. The highest BCUT2D eigenvalue weighted by molar-refractivity contribution is 5.53. The second-order valence-corrected chi connectivity index (χ2v) is 5.28. The third-order valence-corrected chi connectivity index (χ3v) is 3.50. The number of piperidine rings is 1. The molecule has 1 aliphatic heterocycles. The molecule has 0 aliphatic carbocycles. The van der Waals surface area contributed by atoms with Crippen LogP contribution in [0.25, 0.3) is 0 Å². The number of rotatable bonds is 1. The molecule has 1 unspecified atom stereocenters. The Kier molecular flexibility index (Phi) is 3.08. The number of nitrogens with zero attached hydrogens (tertiary/aromatic N) is 2. The van der Waals surface area contributed by atoms with Crippen LogP contribution in [0.2, 0.25) is 0 Å². The van der Waals surface area contributed by atoms with E-state index in [0.717, 1.165) is 18.5 Å². The molecule has 90 valence electrons. The molecule has 1 fully saturated rings. The van der Waals surface area contributed by atoms with Crippen LogP contribution in [0.15, 0.2) is 24.3 Å². The van der Waals surface area contributed by atoms with E-state index in [2.05, 4.69) is 24.8 Å². The second kappa shape index (κ2) is 4.38. The van der Waals surface area contributed by atoms with E-state index in [1.807, 2.05) is 18.2 Å². The van der Waals surface area contributed by atoms with Crippen LogP contribution < -0.4 is 4.90 Å². The molecule has 3 heteroatoms. The number of nitriles is 1. The van der Waals surface area contributed by atoms with E-state index in [1.54, 1.807) is 6.07 Å². The molecule has 0 radical (unpaired) electrons. The standard InChI is InChI=1S/C14H18N2O/c1-14(2)7-6-13(17)10-16(14)12-5-3-4-11(8-12)9-15/h3-5,8,13,17H,6-7,10H2,1-2H3. The lowest BCUT2D eigenvalue weighted by Gasteiger charge is -2.46. The first-order valence-corrected chi connectivity index (χ1v) is 5.99. The van der Waals surface area contributed by atoms with Crippen molar-refractivity contribution in [3.8, 4) is 6.07 Å². The van der Waals surface area contributed by atoms with Gasteiger partial charge in [-0.3, -0.25) is 0 Å². The van der Waals surface area contributed by atoms with Crippen LogP contribution in [0.1, 0.15) is 32.3 Å². The Labute approximate surface area is 102 Å². The van der Waals surface area contributed by atoms with Crippen molar-refractivity contribution in [3.05, 3.63) is 29.8 Å². The third-order valence-electron chi connectivity index (χ3n) is 3.50. The molecule has 1 saturated heterocycles. The molecule has 1 heterocycles. The molecule has 0 bridgehead atoms. The van der Waals surface area contributed by atoms with Crippen LogP contribution in [-0.2, 0) is 0 Å². The molecule has 3 nitrogen and oxygen atoms in total. The van der Waals surface area contributed by atoms with Crippen molar-refractivity contribution < 1.29 is 5.11 Å². The van der Waals surface area contributed by atoms with Gasteiger partial charge in [-0.1, -0.05) is 6.07 Å². The minimum absolute atomic E-state index is 0.0350. The molecule has 0 saturated carbocycles. The summed E-state index contributed by atoms with van der Waals surface area (Å²) >= 11 is 0. The Balaban J connectivity index is 2.33. The maximum Gasteiger partial charge on any atom is 0.0992 e. The van der Waals surface area contributed by atoms with Gasteiger partial charge in [0.1, 0.15) is 0 Å². The summed E-state index contributed by atoms with van der Waals surface area (Å²) in [5, 5.41) is 18.7. The number of anilines is 1. The van der Waals surface area contributed by atoms with Gasteiger partial charge in [0.05, 0.1) is 17.7 Å². The highest BCUT2D eigenvalue weighted by atomic mass is 16.3. The fourth-order valence-electron chi connectivity index (χ4n) is 2.40. The van der Waals surface area contributed by atoms with E-state index in [-0.39, 0.29) is 11.6 Å². The summed E-state index contributed by atoms with van der Waals surface area (Å²) in [6.07, 6.45) is 1.54. The van der Waals surface area contributed by atoms with Crippen molar-refractivity contribution in [2.24, 2.45) is 0 Å². The maximum atomic E-state index is 9.79. The summed E-state index contributed by atoms with van der Waals surface area (Å²) in [6, 6.07) is 9.74. The summed E-state index contributed by atoms with van der Waals surface area (Å²) in [7, 11) is 0. The van der Waals surface area contributed by atoms with Gasteiger partial charge < -0.3 is 10.0 Å². The normalized spacial score (nSPS) is 23.2. The minimum atomic E-state index is -0.270. The first-order chi connectivity index (χ1) is 8.03. The van der Waals surface area contributed by atoms with E-state index in [9.17, 15) is 5.11 Å². The predicted molar refractivity (Wildman–Crippen MR) is 67.8 cm³/mol. The molecule has 1 aromatic carbocycles. The van der Waals surface area contributed by atoms with E-state index < -0.39 is 0 Å². The molecule has 17 heavy (non-hydrogen) atoms. The number of hydrogen-bond acceptors (Lipinski definition) is 3. The molecule has 1 N–H and O–H groups in total. The summed E-state index contributed by atoms with van der Waals surface area (Å²) in [4.78, 5) is 2.20. The van der Waals surface area contributed by atoms with Gasteiger partial charge in [-0.2, -0.15) is 5.26 Å². The lowest BCUT2D eigenvalue weighted by atomic mass is 9.88. The van der Waals surface area contributed by atoms with Crippen molar-refractivity contribution in [2.45, 2.75) is 38.3 Å². The summed E-state index contributed by atoms with van der Waals surface area (Å²) in [5.74, 6) is 0. The van der Waals surface area contributed by atoms with Crippen LogP contribution in [0, 0.1) is 11.3 Å². The zero-order valence-corrected chi connectivity index (χ0v) is 10.3. The zero-order chi connectivity index (χ0) is 12.5. The third kappa shape index (κ3) is 2.42. The van der Waals surface area contributed by atoms with Gasteiger partial charge in [0.2, 0.25) is 0 Å². The first kappa shape index (κ1) is 11.9. The monoisotopic (exact) mass is 230 g/mol. The van der Waals surface area contributed by atoms with Crippen molar-refractivity contribution in [1.29, 1.82) is 5.26 Å². The van der Waals surface area contributed by atoms with Crippen LogP contribution in [0.3, 0.4) is 0 Å². The van der Waals surface area contributed by atoms with E-state index in [1.165, 1.54) is 0 Å². The SMILES string of the molecule is CC1(C)CCC(O)CN1c1cccc(C#N)c1. The van der Waals surface area contributed by atoms with Crippen LogP contribution in [0.4, 0.5) is 5.69 Å². The largest absolute Gasteiger partial charge is 0.391 e. The van der Waals surface area contributed by atoms with Gasteiger partial charge in [0.15, 0.2) is 0 Å². The average molecular weight is 230 g/mol. The molecule has 1 aliphatic rings. The van der Waals surface area contributed by atoms with Crippen molar-refractivity contribution in [2.75, 3.05) is 11.4 Å². The molecule has 0 spiro atoms. The van der Waals surface area contributed by atoms with Crippen LogP contribution in [-0.4, -0.2) is 23.3 Å². The van der Waals surface area contributed by atoms with Crippen LogP contribution in [0.5, 0.6) is 0 Å². The van der Waals surface area contributed by atoms with Gasteiger partial charge in [0, 0.05) is 17.8 Å². The number of aliphatic hydroxyl groups excluding tert-OH is 1. The summed E-state index contributed by atoms with van der Waals surface area (Å²) in [6.45, 7) is 5.00. The van der Waals surface area contributed by atoms with Crippen molar-refractivity contribution in [1.82, 2.24) is 0 Å². The van der Waals surface area contributed by atoms with E-state index in [4.69, 9.17) is 5.26 Å². The van der Waals surface area contributed by atoms with Gasteiger partial charge in [-0.05, 0) is 44.9 Å². The van der Waals surface area contributed by atoms with Crippen molar-refractivity contribution >= 4 is 5.69 Å². The van der Waals surface area contributed by atoms with Gasteiger partial charge in [0.25, 0.3) is 0 Å². The van der Waals surface area contributed by atoms with Gasteiger partial charge in [-0.15, -0.1) is 0 Å². The Hall–Kier alpha value is -1.53. The van der Waals surface area contributed by atoms with Gasteiger partial charge in [-0.25, -0.2) is 0 Å². The molecule has 1 atom stereocenters. The smallest absolute Gasteiger partial charge is 0.0992 e. The van der Waals surface area contributed by atoms with E-state index in [0.29, 0.717) is 12.1 Å². The predicted octanol–water partition coefficient (Wildman–Crippen LogP) is 2.30. The number of β-amino-alcohol motifs (C(OH)–C–C–N with tert-alkyl or cyclic N) is 1. The quantitative estimate of drug-likeness (QED) is 0.805. The number of benzene rings is 1. The highest BCUT2D eigenvalue weighted by Gasteiger charge is 2.33. The van der Waals surface area contributed by atoms with Crippen LogP contribution >= 0.6 is 0 Å². The molecule has 1 aromatic rings. The highest BCUT2D eigenvalue weighted by Crippen LogP contribution is 2.32. The van der Waals surface area contributed by atoms with Crippen molar-refractivity contribution in [3.63, 3.8) is 0 Å². The molecular formula is C14H18N2O. The molecular weight excluding hydrogens is 212 g/mol. The topological polar surface area (TPSA) is 47.3 Å². The fraction of sp³-hybridized carbons (Fsp3) is 0.500. The lowest BCUT2D eigenvalue weighted by molar-refractivity contribution is 0.126. The van der Waals surface area contributed by atoms with E-state index >= 15 is 0 Å². The number of hydrogen-bond donors (Lipinski definition) is 1. The lowest BCUT2D eigenvalue weighted by Crippen LogP contribution is -2.52. The molecule has 0 aromatic heterocycles. The molecule has 2 rings (SSSR count). The fourth-order valence-corrected chi connectivity index (χ4v) is 2.40. The Morgan fingerprint density at radius 1 is 1.47 bits per heavy atom. The molecule has 0 amide bonds. The van der Waals surface area contributed by atoms with Gasteiger partial charge >= 0.3 is 0 Å². The first-order valence-electron chi connectivity index (χ1n) is 5.99. The minimum Gasteiger partial charge on any atom is -0.391 e.